The van der Waals surface area contributed by atoms with Gasteiger partial charge in [-0.05, 0) is 70.7 Å². The van der Waals surface area contributed by atoms with Crippen molar-refractivity contribution in [3.05, 3.63) is 40.9 Å². The molecule has 12 nitrogen and oxygen atoms in total. The molecule has 2 heterocycles. The number of nitrogens with one attached hydrogen (secondary N) is 2. The van der Waals surface area contributed by atoms with Gasteiger partial charge < -0.3 is 25.0 Å². The molecule has 2 aliphatic heterocycles. The Morgan fingerprint density at radius 3 is 2.48 bits per heavy atom. The molecule has 14 heteroatoms. The number of nitrogens with zero attached hydrogens (tertiary/aromatic N) is 1. The summed E-state index contributed by atoms with van der Waals surface area (Å²) in [6, 6.07) is 3.68. The van der Waals surface area contributed by atoms with E-state index >= 15 is 0 Å². The van der Waals surface area contributed by atoms with Crippen molar-refractivity contribution in [3.8, 4) is 0 Å². The summed E-state index contributed by atoms with van der Waals surface area (Å²) in [5.74, 6) is -2.09. The van der Waals surface area contributed by atoms with Crippen molar-refractivity contribution in [3.63, 3.8) is 0 Å². The summed E-state index contributed by atoms with van der Waals surface area (Å²) in [5, 5.41) is 5.46. The number of fused-ring (bicyclic) bond motifs is 2. The number of hydrogen-bond donors (Lipinski definition) is 2. The molecule has 0 radical (unpaired) electrons. The molecular weight excluding hydrogens is 658 g/mol. The molecule has 2 fully saturated rings. The van der Waals surface area contributed by atoms with Crippen LogP contribution in [0.25, 0.3) is 0 Å². The number of benzene rings is 1. The number of allylic oxidation sites excluding steroid dienone is 1. The normalized spacial score (nSPS) is 28.8. The molecule has 1 saturated heterocycles. The summed E-state index contributed by atoms with van der Waals surface area (Å²) in [7, 11) is -3.00. The van der Waals surface area contributed by atoms with E-state index in [1.807, 2.05) is 12.2 Å². The maximum absolute atomic E-state index is 14.1. The zero-order valence-corrected chi connectivity index (χ0v) is 27.7. The van der Waals surface area contributed by atoms with Gasteiger partial charge in [0.25, 0.3) is 10.1 Å². The lowest BCUT2D eigenvalue weighted by Crippen LogP contribution is -2.56. The summed E-state index contributed by atoms with van der Waals surface area (Å²) in [6.07, 6.45) is 5.45. The lowest BCUT2D eigenvalue weighted by Gasteiger charge is -2.30. The molecule has 3 aliphatic rings. The third kappa shape index (κ3) is 8.19. The van der Waals surface area contributed by atoms with Crippen LogP contribution < -0.4 is 10.6 Å². The molecule has 5 atom stereocenters. The van der Waals surface area contributed by atoms with Gasteiger partial charge in [0.15, 0.2) is 0 Å². The first-order valence-corrected chi connectivity index (χ1v) is 16.9. The van der Waals surface area contributed by atoms with Crippen molar-refractivity contribution in [1.29, 1.82) is 0 Å². The SMILES string of the molecule is COC(=O)[C@@]12CC1/C=C\CCCCC[C@H](NC(=O)OC(C)(C)C)C(=O)N1CC(OS(=O)(=O)c3ccc(Br)cc3)C[C@H]1C(=O)N2. The summed E-state index contributed by atoms with van der Waals surface area (Å²) in [5.41, 5.74) is -2.09. The highest BCUT2D eigenvalue weighted by atomic mass is 79.9. The van der Waals surface area contributed by atoms with Crippen LogP contribution in [-0.4, -0.2) is 80.2 Å². The molecule has 2 unspecified atom stereocenters. The first-order chi connectivity index (χ1) is 20.6. The standard InChI is InChI=1S/C30H40BrN3O9S/c1-29(2,3)42-28(38)32-23-11-9-7-5-6-8-10-19-17-30(19,27(37)41-4)33-25(35)24-16-21(18-34(24)26(23)36)43-44(39,40)22-14-12-20(31)13-15-22/h8,10,12-15,19,21,23-24H,5-7,9,11,16-18H2,1-4H3,(H,32,38)(H,33,35)/b10-8-/t19?,21?,23-,24-,30+/m0/s1. The fraction of sp³-hybridized carbons (Fsp3) is 0.600. The van der Waals surface area contributed by atoms with Crippen LogP contribution in [0, 0.1) is 5.92 Å². The number of esters is 1. The molecule has 4 rings (SSSR count). The van der Waals surface area contributed by atoms with Crippen molar-refractivity contribution < 1.29 is 41.3 Å². The maximum atomic E-state index is 14.1. The van der Waals surface area contributed by atoms with E-state index in [1.54, 1.807) is 32.9 Å². The smallest absolute Gasteiger partial charge is 0.408 e. The van der Waals surface area contributed by atoms with Crippen molar-refractivity contribution in [1.82, 2.24) is 15.5 Å². The minimum absolute atomic E-state index is 0.0809. The molecular formula is C30H40BrN3O9S. The minimum atomic E-state index is -4.24. The van der Waals surface area contributed by atoms with E-state index in [0.29, 0.717) is 17.3 Å². The van der Waals surface area contributed by atoms with Crippen molar-refractivity contribution in [2.24, 2.45) is 5.92 Å². The number of carbonyl (C=O) groups excluding carboxylic acids is 4. The van der Waals surface area contributed by atoms with Gasteiger partial charge in [0.05, 0.1) is 18.1 Å². The number of amides is 3. The highest BCUT2D eigenvalue weighted by molar-refractivity contribution is 9.10. The molecule has 0 spiro atoms. The second-order valence-electron chi connectivity index (χ2n) is 12.4. The third-order valence-corrected chi connectivity index (χ3v) is 9.75. The zero-order valence-electron chi connectivity index (χ0n) is 25.3. The lowest BCUT2D eigenvalue weighted by molar-refractivity contribution is -0.148. The Bertz CT molecular complexity index is 1390. The van der Waals surface area contributed by atoms with Gasteiger partial charge in [0, 0.05) is 23.4 Å². The molecule has 1 aromatic carbocycles. The van der Waals surface area contributed by atoms with Crippen LogP contribution in [-0.2, 0) is 38.2 Å². The second-order valence-corrected chi connectivity index (χ2v) is 14.9. The van der Waals surface area contributed by atoms with Crippen LogP contribution in [0.1, 0.15) is 65.7 Å². The van der Waals surface area contributed by atoms with Gasteiger partial charge in [-0.25, -0.2) is 9.59 Å². The van der Waals surface area contributed by atoms with Crippen LogP contribution in [0.4, 0.5) is 4.79 Å². The molecule has 0 aromatic heterocycles. The van der Waals surface area contributed by atoms with Crippen LogP contribution in [0.15, 0.2) is 45.8 Å². The predicted octanol–water partition coefficient (Wildman–Crippen LogP) is 3.59. The molecule has 3 amide bonds. The quantitative estimate of drug-likeness (QED) is 0.267. The molecule has 0 bridgehead atoms. The third-order valence-electron chi connectivity index (χ3n) is 7.85. The van der Waals surface area contributed by atoms with Crippen LogP contribution in [0.2, 0.25) is 0 Å². The Morgan fingerprint density at radius 1 is 1.11 bits per heavy atom. The average Bonchev–Trinajstić information content (AvgIpc) is 3.47. The highest BCUT2D eigenvalue weighted by Gasteiger charge is 2.62. The first kappa shape index (κ1) is 33.9. The van der Waals surface area contributed by atoms with Crippen molar-refractivity contribution >= 4 is 49.9 Å². The monoisotopic (exact) mass is 697 g/mol. The number of alkyl carbamates (subject to hydrolysis) is 1. The highest BCUT2D eigenvalue weighted by Crippen LogP contribution is 2.46. The minimum Gasteiger partial charge on any atom is -0.467 e. The van der Waals surface area contributed by atoms with Gasteiger partial charge in [-0.1, -0.05) is 40.9 Å². The van der Waals surface area contributed by atoms with E-state index in [1.165, 1.54) is 24.1 Å². The Kier molecular flexibility index (Phi) is 10.5. The predicted molar refractivity (Wildman–Crippen MR) is 163 cm³/mol. The first-order valence-electron chi connectivity index (χ1n) is 14.7. The van der Waals surface area contributed by atoms with E-state index in [4.69, 9.17) is 13.7 Å². The molecule has 44 heavy (non-hydrogen) atoms. The number of hydrogen-bond acceptors (Lipinski definition) is 9. The van der Waals surface area contributed by atoms with E-state index in [2.05, 4.69) is 26.6 Å². The van der Waals surface area contributed by atoms with Gasteiger partial charge in [0.2, 0.25) is 11.8 Å². The summed E-state index contributed by atoms with van der Waals surface area (Å²) in [6.45, 7) is 4.88. The summed E-state index contributed by atoms with van der Waals surface area (Å²) < 4.78 is 42.9. The van der Waals surface area contributed by atoms with Gasteiger partial charge in [-0.2, -0.15) is 8.42 Å². The van der Waals surface area contributed by atoms with E-state index in [-0.39, 0.29) is 30.2 Å². The molecule has 2 N–H and O–H groups in total. The molecule has 1 aliphatic carbocycles. The Hall–Kier alpha value is -2.97. The summed E-state index contributed by atoms with van der Waals surface area (Å²) in [4.78, 5) is 54.6. The number of methoxy groups -OCH3 is 1. The zero-order chi connectivity index (χ0) is 32.3. The molecule has 242 valence electrons. The van der Waals surface area contributed by atoms with E-state index in [9.17, 15) is 27.6 Å². The summed E-state index contributed by atoms with van der Waals surface area (Å²) >= 11 is 3.27. The number of halogens is 1. The number of ether oxygens (including phenoxy) is 2. The largest absolute Gasteiger partial charge is 0.467 e. The lowest BCUT2D eigenvalue weighted by atomic mass is 10.0. The maximum Gasteiger partial charge on any atom is 0.408 e. The number of carbonyl (C=O) groups is 4. The molecule has 1 aromatic rings. The topological polar surface area (TPSA) is 157 Å². The molecule has 1 saturated carbocycles. The Labute approximate surface area is 266 Å². The Balaban J connectivity index is 1.64. The van der Waals surface area contributed by atoms with E-state index < -0.39 is 63.3 Å². The van der Waals surface area contributed by atoms with Crippen LogP contribution in [0.5, 0.6) is 0 Å². The van der Waals surface area contributed by atoms with Crippen molar-refractivity contribution in [2.75, 3.05) is 13.7 Å². The average molecular weight is 699 g/mol. The van der Waals surface area contributed by atoms with Gasteiger partial charge in [-0.3, -0.25) is 13.8 Å². The second kappa shape index (κ2) is 13.6. The van der Waals surface area contributed by atoms with Gasteiger partial charge in [0.1, 0.15) is 23.2 Å². The number of rotatable bonds is 5. The van der Waals surface area contributed by atoms with Crippen LogP contribution in [0.3, 0.4) is 0 Å². The Morgan fingerprint density at radius 2 is 1.82 bits per heavy atom. The van der Waals surface area contributed by atoms with Gasteiger partial charge in [-0.15, -0.1) is 0 Å². The van der Waals surface area contributed by atoms with Crippen LogP contribution >= 0.6 is 15.9 Å². The fourth-order valence-electron chi connectivity index (χ4n) is 5.59. The fourth-order valence-corrected chi connectivity index (χ4v) is 6.93. The van der Waals surface area contributed by atoms with Crippen molar-refractivity contribution in [2.45, 2.75) is 99.9 Å². The van der Waals surface area contributed by atoms with E-state index in [0.717, 1.165) is 19.3 Å². The van der Waals surface area contributed by atoms with Gasteiger partial charge >= 0.3 is 12.1 Å².